The number of rotatable bonds is 8. The number of hydrogen-bond donors (Lipinski definition) is 2. The quantitative estimate of drug-likeness (QED) is 0.306. The van der Waals surface area contributed by atoms with Crippen LogP contribution in [0.2, 0.25) is 0 Å². The van der Waals surface area contributed by atoms with E-state index in [2.05, 4.69) is 32.7 Å². The van der Waals surface area contributed by atoms with Crippen LogP contribution in [-0.2, 0) is 6.54 Å². The van der Waals surface area contributed by atoms with Crippen molar-refractivity contribution in [2.24, 2.45) is 4.99 Å². The van der Waals surface area contributed by atoms with Crippen LogP contribution in [0.3, 0.4) is 0 Å². The minimum absolute atomic E-state index is 0. The normalized spacial score (nSPS) is 11.1. The van der Waals surface area contributed by atoms with E-state index in [0.29, 0.717) is 18.3 Å². The van der Waals surface area contributed by atoms with Crippen molar-refractivity contribution in [3.63, 3.8) is 0 Å². The van der Waals surface area contributed by atoms with Crippen molar-refractivity contribution in [1.82, 2.24) is 20.8 Å². The number of nitrogens with one attached hydrogen (secondary N) is 2. The molecule has 2 N–H and O–H groups in total. The fourth-order valence-electron chi connectivity index (χ4n) is 1.66. The Bertz CT molecular complexity index is 381. The van der Waals surface area contributed by atoms with Crippen LogP contribution < -0.4 is 10.6 Å². The summed E-state index contributed by atoms with van der Waals surface area (Å²) in [6.45, 7) is 8.25. The molecule has 0 aromatic carbocycles. The van der Waals surface area contributed by atoms with Crippen LogP contribution in [0.5, 0.6) is 0 Å². The highest BCUT2D eigenvalue weighted by Crippen LogP contribution is 1.98. The number of aromatic nitrogens is 2. The van der Waals surface area contributed by atoms with Crippen molar-refractivity contribution in [3.8, 4) is 0 Å². The maximum Gasteiger partial charge on any atom is 0.223 e. The summed E-state index contributed by atoms with van der Waals surface area (Å²) in [4.78, 5) is 8.55. The molecule has 0 aliphatic carbocycles. The van der Waals surface area contributed by atoms with E-state index in [0.717, 1.165) is 19.0 Å². The molecule has 0 aliphatic heterocycles. The SMILES string of the molecule is CCCCCCNC(=NCc1noc(C)n1)NCC.I. The smallest absolute Gasteiger partial charge is 0.223 e. The zero-order chi connectivity index (χ0) is 13.9. The molecule has 0 saturated carbocycles. The number of unbranched alkanes of at least 4 members (excludes halogenated alkanes) is 3. The molecule has 0 saturated heterocycles. The molecule has 6 nitrogen and oxygen atoms in total. The third-order valence-corrected chi connectivity index (χ3v) is 2.62. The fraction of sp³-hybridized carbons (Fsp3) is 0.769. The van der Waals surface area contributed by atoms with Gasteiger partial charge >= 0.3 is 0 Å². The minimum atomic E-state index is 0. The van der Waals surface area contributed by atoms with E-state index in [9.17, 15) is 0 Å². The number of hydrogen-bond acceptors (Lipinski definition) is 4. The van der Waals surface area contributed by atoms with Crippen molar-refractivity contribution in [2.45, 2.75) is 53.0 Å². The molecule has 1 rings (SSSR count). The molecule has 0 bridgehead atoms. The highest BCUT2D eigenvalue weighted by atomic mass is 127. The molecule has 20 heavy (non-hydrogen) atoms. The standard InChI is InChI=1S/C13H25N5O.HI/c1-4-6-7-8-9-15-13(14-5-2)16-10-12-17-11(3)19-18-12;/h4-10H2,1-3H3,(H2,14,15,16);1H. The lowest BCUT2D eigenvalue weighted by atomic mass is 10.2. The third kappa shape index (κ3) is 8.34. The van der Waals surface area contributed by atoms with E-state index >= 15 is 0 Å². The molecular weight excluding hydrogens is 369 g/mol. The van der Waals surface area contributed by atoms with Gasteiger partial charge < -0.3 is 15.2 Å². The highest BCUT2D eigenvalue weighted by molar-refractivity contribution is 14.0. The van der Waals surface area contributed by atoms with Crippen LogP contribution in [0.1, 0.15) is 51.2 Å². The molecule has 7 heteroatoms. The second-order valence-corrected chi connectivity index (χ2v) is 4.41. The summed E-state index contributed by atoms with van der Waals surface area (Å²) in [5.74, 6) is 1.99. The van der Waals surface area contributed by atoms with Gasteiger partial charge in [0.15, 0.2) is 11.8 Å². The molecule has 0 fully saturated rings. The minimum Gasteiger partial charge on any atom is -0.357 e. The summed E-state index contributed by atoms with van der Waals surface area (Å²) < 4.78 is 4.91. The van der Waals surface area contributed by atoms with Gasteiger partial charge in [-0.05, 0) is 13.3 Å². The Morgan fingerprint density at radius 1 is 1.20 bits per heavy atom. The molecule has 0 radical (unpaired) electrons. The first-order valence-corrected chi connectivity index (χ1v) is 7.07. The maximum atomic E-state index is 4.91. The number of halogens is 1. The topological polar surface area (TPSA) is 75.3 Å². The Kier molecular flexibility index (Phi) is 11.4. The van der Waals surface area contributed by atoms with Gasteiger partial charge in [-0.2, -0.15) is 4.98 Å². The lowest BCUT2D eigenvalue weighted by Gasteiger charge is -2.10. The van der Waals surface area contributed by atoms with Crippen LogP contribution in [0.15, 0.2) is 9.52 Å². The van der Waals surface area contributed by atoms with Crippen LogP contribution in [0.4, 0.5) is 0 Å². The van der Waals surface area contributed by atoms with E-state index in [4.69, 9.17) is 4.52 Å². The highest BCUT2D eigenvalue weighted by Gasteiger charge is 2.02. The molecular formula is C13H26IN5O. The molecule has 1 aromatic heterocycles. The van der Waals surface area contributed by atoms with Gasteiger partial charge in [0.05, 0.1) is 0 Å². The molecule has 1 heterocycles. The third-order valence-electron chi connectivity index (χ3n) is 2.62. The number of nitrogens with zero attached hydrogens (tertiary/aromatic N) is 3. The van der Waals surface area contributed by atoms with Crippen molar-refractivity contribution < 1.29 is 4.52 Å². The van der Waals surface area contributed by atoms with Crippen molar-refractivity contribution in [1.29, 1.82) is 0 Å². The van der Waals surface area contributed by atoms with E-state index in [1.165, 1.54) is 25.7 Å². The van der Waals surface area contributed by atoms with Crippen LogP contribution in [0.25, 0.3) is 0 Å². The van der Waals surface area contributed by atoms with Gasteiger partial charge in [-0.15, -0.1) is 24.0 Å². The van der Waals surface area contributed by atoms with E-state index in [1.54, 1.807) is 6.92 Å². The molecule has 116 valence electrons. The molecule has 0 spiro atoms. The van der Waals surface area contributed by atoms with E-state index < -0.39 is 0 Å². The lowest BCUT2D eigenvalue weighted by molar-refractivity contribution is 0.387. The molecule has 0 amide bonds. The van der Waals surface area contributed by atoms with Gasteiger partial charge in [0.25, 0.3) is 0 Å². The summed E-state index contributed by atoms with van der Waals surface area (Å²) in [6.07, 6.45) is 4.97. The molecule has 0 aliphatic rings. The summed E-state index contributed by atoms with van der Waals surface area (Å²) in [6, 6.07) is 0. The van der Waals surface area contributed by atoms with Gasteiger partial charge in [0, 0.05) is 20.0 Å². The van der Waals surface area contributed by atoms with Crippen molar-refractivity contribution in [3.05, 3.63) is 11.7 Å². The average molecular weight is 395 g/mol. The first-order valence-electron chi connectivity index (χ1n) is 7.07. The zero-order valence-electron chi connectivity index (χ0n) is 12.6. The monoisotopic (exact) mass is 395 g/mol. The lowest BCUT2D eigenvalue weighted by Crippen LogP contribution is -2.37. The van der Waals surface area contributed by atoms with Crippen LogP contribution >= 0.6 is 24.0 Å². The first-order chi connectivity index (χ1) is 9.26. The van der Waals surface area contributed by atoms with Gasteiger partial charge in [0.2, 0.25) is 5.89 Å². The van der Waals surface area contributed by atoms with Crippen LogP contribution in [-0.4, -0.2) is 29.2 Å². The predicted molar refractivity (Wildman–Crippen MR) is 91.4 cm³/mol. The average Bonchev–Trinajstić information content (AvgIpc) is 2.81. The maximum absolute atomic E-state index is 4.91. The Hall–Kier alpha value is -0.860. The van der Waals surface area contributed by atoms with Gasteiger partial charge in [-0.3, -0.25) is 0 Å². The number of aryl methyl sites for hydroxylation is 1. The Morgan fingerprint density at radius 2 is 2.00 bits per heavy atom. The summed E-state index contributed by atoms with van der Waals surface area (Å²) in [5.41, 5.74) is 0. The molecule has 1 aromatic rings. The van der Waals surface area contributed by atoms with Gasteiger partial charge in [-0.1, -0.05) is 31.3 Å². The Balaban J connectivity index is 0.00000361. The molecule has 0 unspecified atom stereocenters. The number of aliphatic imine (C=N–C) groups is 1. The predicted octanol–water partition coefficient (Wildman–Crippen LogP) is 2.63. The zero-order valence-corrected chi connectivity index (χ0v) is 14.9. The summed E-state index contributed by atoms with van der Waals surface area (Å²) in [7, 11) is 0. The Labute approximate surface area is 138 Å². The first kappa shape index (κ1) is 19.1. The van der Waals surface area contributed by atoms with Gasteiger partial charge in [0.1, 0.15) is 6.54 Å². The largest absolute Gasteiger partial charge is 0.357 e. The number of guanidine groups is 1. The van der Waals surface area contributed by atoms with Crippen LogP contribution in [0, 0.1) is 6.92 Å². The fourth-order valence-corrected chi connectivity index (χ4v) is 1.66. The van der Waals surface area contributed by atoms with Gasteiger partial charge in [-0.25, -0.2) is 4.99 Å². The Morgan fingerprint density at radius 3 is 2.60 bits per heavy atom. The molecule has 0 atom stereocenters. The van der Waals surface area contributed by atoms with E-state index in [-0.39, 0.29) is 24.0 Å². The summed E-state index contributed by atoms with van der Waals surface area (Å²) in [5, 5.41) is 10.3. The van der Waals surface area contributed by atoms with E-state index in [1.807, 2.05) is 6.92 Å². The second kappa shape index (κ2) is 11.9. The van der Waals surface area contributed by atoms with Crippen molar-refractivity contribution >= 4 is 29.9 Å². The van der Waals surface area contributed by atoms with Crippen molar-refractivity contribution in [2.75, 3.05) is 13.1 Å². The second-order valence-electron chi connectivity index (χ2n) is 4.41. The summed E-state index contributed by atoms with van der Waals surface area (Å²) >= 11 is 0.